The van der Waals surface area contributed by atoms with Crippen LogP contribution >= 0.6 is 0 Å². The van der Waals surface area contributed by atoms with E-state index in [4.69, 9.17) is 22.3 Å². The van der Waals surface area contributed by atoms with Crippen molar-refractivity contribution in [3.8, 4) is 0 Å². The highest BCUT2D eigenvalue weighted by Crippen LogP contribution is 2.22. The summed E-state index contributed by atoms with van der Waals surface area (Å²) >= 11 is 0. The Kier molecular flexibility index (Phi) is 37.9. The number of nitrogens with two attached hydrogens (primary N) is 3. The van der Waals surface area contributed by atoms with E-state index in [1.165, 1.54) is 33.3 Å². The van der Waals surface area contributed by atoms with Gasteiger partial charge in [-0.1, -0.05) is 27.7 Å². The molecule has 26 N–H and O–H groups in total. The number of nitrogens with zero attached hydrogens (tertiary/aromatic N) is 3. The molecule has 0 radical (unpaired) electrons. The summed E-state index contributed by atoms with van der Waals surface area (Å²) in [6.07, 6.45) is -4.59. The number of hydrogen-bond acceptors (Lipinski definition) is 23. The molecule has 1 fully saturated rings. The van der Waals surface area contributed by atoms with Crippen LogP contribution in [0.2, 0.25) is 0 Å². The van der Waals surface area contributed by atoms with Gasteiger partial charge >= 0.3 is 23.9 Å². The third-order valence-electron chi connectivity index (χ3n) is 16.1. The maximum Gasteiger partial charge on any atom is 0.326 e. The quantitative estimate of drug-likeness (QED) is 0.0164. The number of imidazole rings is 1. The molecule has 105 heavy (non-hydrogen) atoms. The highest BCUT2D eigenvalue weighted by Gasteiger charge is 2.43. The van der Waals surface area contributed by atoms with Crippen LogP contribution in [0.25, 0.3) is 0 Å². The van der Waals surface area contributed by atoms with Crippen LogP contribution in [0, 0.1) is 11.8 Å². The van der Waals surface area contributed by atoms with Gasteiger partial charge in [0.15, 0.2) is 5.96 Å². The number of amides is 13. The molecule has 0 aliphatic carbocycles. The monoisotopic (exact) mass is 1500 g/mol. The van der Waals surface area contributed by atoms with E-state index in [0.717, 1.165) is 32.6 Å². The number of aromatic nitrogens is 2. The van der Waals surface area contributed by atoms with Gasteiger partial charge in [0.05, 0.1) is 37.6 Å². The molecule has 1 aromatic heterocycles. The molecular weight excluding hydrogens is 1390 g/mol. The second-order valence-electron chi connectivity index (χ2n) is 25.9. The summed E-state index contributed by atoms with van der Waals surface area (Å²) in [5.41, 5.74) is 17.2. The van der Waals surface area contributed by atoms with E-state index >= 15 is 0 Å². The van der Waals surface area contributed by atoms with Gasteiger partial charge in [0.25, 0.3) is 0 Å². The van der Waals surface area contributed by atoms with Crippen LogP contribution in [-0.2, 0) is 87.9 Å². The zero-order valence-corrected chi connectivity index (χ0v) is 59.6. The number of carbonyl (C=O) groups excluding carboxylic acids is 13. The van der Waals surface area contributed by atoms with Gasteiger partial charge in [-0.15, -0.1) is 0 Å². The van der Waals surface area contributed by atoms with E-state index in [1.807, 2.05) is 19.2 Å². The van der Waals surface area contributed by atoms with Crippen molar-refractivity contribution in [2.45, 2.75) is 230 Å². The van der Waals surface area contributed by atoms with Gasteiger partial charge in [0, 0.05) is 44.2 Å². The molecule has 1 aliphatic heterocycles. The number of aliphatic hydroxyl groups excluding tert-OH is 3. The molecule has 1 aromatic rings. The lowest BCUT2D eigenvalue weighted by Crippen LogP contribution is -2.62. The van der Waals surface area contributed by atoms with E-state index in [-0.39, 0.29) is 63.5 Å². The van der Waals surface area contributed by atoms with Crippen molar-refractivity contribution in [1.82, 2.24) is 78.7 Å². The number of nitrogens with one attached hydrogen (secondary N) is 13. The normalized spacial score (nSPS) is 16.9. The number of carboxylic acids is 4. The average Bonchev–Trinajstić information content (AvgIpc) is 1.74. The van der Waals surface area contributed by atoms with Crippen LogP contribution in [0.15, 0.2) is 17.5 Å². The summed E-state index contributed by atoms with van der Waals surface area (Å²) in [7, 11) is 0. The van der Waals surface area contributed by atoms with Gasteiger partial charge in [-0.3, -0.25) is 81.7 Å². The van der Waals surface area contributed by atoms with E-state index in [2.05, 4.69) is 73.4 Å². The first kappa shape index (κ1) is 90.4. The maximum absolute atomic E-state index is 14.4. The Morgan fingerprint density at radius 3 is 1.46 bits per heavy atom. The minimum atomic E-state index is -1.98. The number of aliphatic imine (C=N–C) groups is 1. The number of carbonyl (C=O) groups is 17. The lowest BCUT2D eigenvalue weighted by molar-refractivity contribution is -0.145. The van der Waals surface area contributed by atoms with Crippen molar-refractivity contribution in [3.05, 3.63) is 18.2 Å². The molecule has 13 amide bonds. The highest BCUT2D eigenvalue weighted by molar-refractivity contribution is 6.01. The predicted molar refractivity (Wildman–Crippen MR) is 363 cm³/mol. The molecule has 43 nitrogen and oxygen atoms in total. The molecular formula is C62H101N19O24. The predicted octanol–water partition coefficient (Wildman–Crippen LogP) is -9.05. The van der Waals surface area contributed by atoms with Crippen molar-refractivity contribution >= 4 is 107 Å². The largest absolute Gasteiger partial charge is 0.481 e. The summed E-state index contributed by atoms with van der Waals surface area (Å²) in [5, 5.41) is 96.8. The lowest BCUT2D eigenvalue weighted by Gasteiger charge is -2.32. The van der Waals surface area contributed by atoms with Crippen molar-refractivity contribution in [3.63, 3.8) is 0 Å². The van der Waals surface area contributed by atoms with Crippen LogP contribution in [-0.4, -0.2) is 274 Å². The van der Waals surface area contributed by atoms with Crippen LogP contribution in [0.3, 0.4) is 0 Å². The van der Waals surface area contributed by atoms with Gasteiger partial charge in [0.1, 0.15) is 78.5 Å². The highest BCUT2D eigenvalue weighted by atomic mass is 16.4. The molecule has 16 atom stereocenters. The Morgan fingerprint density at radius 1 is 0.533 bits per heavy atom. The third kappa shape index (κ3) is 31.4. The van der Waals surface area contributed by atoms with Gasteiger partial charge in [-0.25, -0.2) is 9.78 Å². The zero-order valence-electron chi connectivity index (χ0n) is 59.6. The zero-order chi connectivity index (χ0) is 79.9. The standard InChI is InChI=1S/C62H101N19O24/c1-26(2)20-34(63)51(94)75-38(21-33-23-66-25-68-33)55(98)80-46(31(8)83)58(101)73-36(14-16-42(85)86)52(95)71-29(6)49(92)69-28(5)48(91)70-30(7)50(93)79-47(32(9)84)59(102)78-45(27(3)4)60(103)81-19-11-13-41(81)57(100)76-39(22-44(89)90)54(97)72-35(12-10-18-67-62(64)65)53(96)77-40(24-82)56(99)74-37(61(104)105)15-17-43(87)88/h23,25-32,34-41,45-47,82-84H,10-22,24,63H2,1-9H3,(H,66,68)(H,69,92)(H,70,91)(H,71,95)(H,72,97)(H,73,101)(H,74,99)(H,75,94)(H,76,100)(H,77,96)(H,78,102)(H,79,93)(H,80,98)(H,85,86)(H,87,88)(H,89,90)(H,104,105)(H4,64,65,67)/t28-,29-,30-,31+,32+,34-,35-,36-,37-,38-,39-,40-,41-,45-,46-,47-/m0/s1. The molecule has 1 aliphatic rings. The minimum absolute atomic E-state index is 0.00520. The minimum Gasteiger partial charge on any atom is -0.481 e. The van der Waals surface area contributed by atoms with E-state index in [0.29, 0.717) is 5.69 Å². The van der Waals surface area contributed by atoms with Crippen LogP contribution in [0.1, 0.15) is 132 Å². The molecule has 0 saturated carbocycles. The summed E-state index contributed by atoms with van der Waals surface area (Å²) < 4.78 is 0. The fraction of sp³-hybridized carbons (Fsp3) is 0.661. The molecule has 0 bridgehead atoms. The lowest BCUT2D eigenvalue weighted by atomic mass is 10.0. The van der Waals surface area contributed by atoms with Crippen LogP contribution in [0.4, 0.5) is 0 Å². The van der Waals surface area contributed by atoms with Crippen molar-refractivity contribution in [1.29, 1.82) is 0 Å². The first-order valence-corrected chi connectivity index (χ1v) is 33.6. The fourth-order valence-electron chi connectivity index (χ4n) is 10.2. The number of aromatic amines is 1. The number of H-pyrrole nitrogens is 1. The number of carboxylic acid groups (broad SMARTS) is 4. The second kappa shape index (κ2) is 44.1. The first-order chi connectivity index (χ1) is 49.0. The Morgan fingerprint density at radius 2 is 0.971 bits per heavy atom. The van der Waals surface area contributed by atoms with Crippen LogP contribution in [0.5, 0.6) is 0 Å². The Balaban J connectivity index is 2.22. The third-order valence-corrected chi connectivity index (χ3v) is 16.1. The number of guanidine groups is 1. The molecule has 1 saturated heterocycles. The Hall–Kier alpha value is -10.7. The first-order valence-electron chi connectivity index (χ1n) is 33.6. The van der Waals surface area contributed by atoms with Crippen molar-refractivity contribution < 1.29 is 117 Å². The SMILES string of the molecule is CC(C)C[C@H](N)C(=O)N[C@@H](Cc1cnc[nH]1)C(=O)N[C@H](C(=O)N[C@@H](CCC(=O)O)C(=O)N[C@@H](C)C(=O)N[C@@H](C)C(=O)N[C@@H](C)C(=O)N[C@H](C(=O)N[C@H](C(=O)N1CCC[C@H]1C(=O)N[C@@H](CC(=O)O)C(=O)N[C@@H](CCCN=C(N)N)C(=O)N[C@@H](CO)C(=O)N[C@@H](CCC(=O)O)C(=O)O)C(C)C)[C@@H](C)O)[C@@H](C)O. The summed E-state index contributed by atoms with van der Waals surface area (Å²) in [6.45, 7) is 11.0. The second-order valence-corrected chi connectivity index (χ2v) is 25.9. The van der Waals surface area contributed by atoms with E-state index < -0.39 is 242 Å². The molecule has 43 heteroatoms. The topological polar surface area (TPSA) is 698 Å². The molecule has 2 rings (SSSR count). The summed E-state index contributed by atoms with van der Waals surface area (Å²) in [5.74, 6) is -21.2. The number of aliphatic hydroxyl groups is 3. The molecule has 0 aromatic carbocycles. The Labute approximate surface area is 602 Å². The number of hydrogen-bond donors (Lipinski definition) is 23. The molecule has 588 valence electrons. The number of likely N-dealkylation sites (tertiary alicyclic amines) is 1. The molecule has 0 unspecified atom stereocenters. The van der Waals surface area contributed by atoms with E-state index in [1.54, 1.807) is 0 Å². The van der Waals surface area contributed by atoms with Gasteiger partial charge < -0.3 is 127 Å². The molecule has 2 heterocycles. The van der Waals surface area contributed by atoms with Gasteiger partial charge in [-0.2, -0.15) is 0 Å². The fourth-order valence-corrected chi connectivity index (χ4v) is 10.2. The van der Waals surface area contributed by atoms with Gasteiger partial charge in [0.2, 0.25) is 76.8 Å². The smallest absolute Gasteiger partial charge is 0.326 e. The van der Waals surface area contributed by atoms with Gasteiger partial charge in [-0.05, 0) is 91.4 Å². The van der Waals surface area contributed by atoms with Crippen LogP contribution < -0.4 is 81.0 Å². The Bertz CT molecular complexity index is 3260. The summed E-state index contributed by atoms with van der Waals surface area (Å²) in [4.78, 5) is 236. The maximum atomic E-state index is 14.4. The number of rotatable bonds is 46. The molecule has 0 spiro atoms. The summed E-state index contributed by atoms with van der Waals surface area (Å²) in [6, 6.07) is -22.6. The van der Waals surface area contributed by atoms with Crippen molar-refractivity contribution in [2.24, 2.45) is 34.0 Å². The number of aliphatic carboxylic acids is 4. The average molecular weight is 1500 g/mol. The van der Waals surface area contributed by atoms with E-state index in [9.17, 15) is 112 Å². The van der Waals surface area contributed by atoms with Crippen molar-refractivity contribution in [2.75, 3.05) is 19.7 Å².